The smallest absolute Gasteiger partial charge is 0.257 e. The van der Waals surface area contributed by atoms with Crippen molar-refractivity contribution in [2.24, 2.45) is 0 Å². The average molecular weight is 185 g/mol. The first kappa shape index (κ1) is 8.79. The highest BCUT2D eigenvalue weighted by molar-refractivity contribution is 6.01. The van der Waals surface area contributed by atoms with Gasteiger partial charge in [0.1, 0.15) is 0 Å². The first-order valence-electron chi connectivity index (χ1n) is 4.56. The molecule has 2 nitrogen and oxygen atoms in total. The monoisotopic (exact) mass is 185 g/mol. The van der Waals surface area contributed by atoms with E-state index in [-0.39, 0.29) is 11.9 Å². The molecule has 2 heteroatoms. The predicted molar refractivity (Wildman–Crippen MR) is 54.7 cm³/mol. The molecule has 0 radical (unpaired) electrons. The molecule has 0 spiro atoms. The van der Waals surface area contributed by atoms with Gasteiger partial charge in [0.25, 0.3) is 5.91 Å². The Morgan fingerprint density at radius 3 is 2.64 bits per heavy atom. The highest BCUT2D eigenvalue weighted by Gasteiger charge is 2.31. The lowest BCUT2D eigenvalue weighted by Crippen LogP contribution is -2.52. The van der Waals surface area contributed by atoms with Gasteiger partial charge in [-0.2, -0.15) is 0 Å². The molecule has 1 amide bonds. The van der Waals surface area contributed by atoms with Crippen LogP contribution >= 0.6 is 0 Å². The largest absolute Gasteiger partial charge is 0.344 e. The van der Waals surface area contributed by atoms with Crippen LogP contribution in [0.4, 0.5) is 0 Å². The molecule has 1 aromatic carbocycles. The normalized spacial score (nSPS) is 19.6. The number of nitrogens with one attached hydrogen (secondary N) is 1. The second-order valence-corrected chi connectivity index (χ2v) is 3.31. The van der Waals surface area contributed by atoms with E-state index >= 15 is 0 Å². The summed E-state index contributed by atoms with van der Waals surface area (Å²) in [5, 5.41) is 2.81. The van der Waals surface area contributed by atoms with E-state index in [1.165, 1.54) is 5.56 Å². The third-order valence-electron chi connectivity index (χ3n) is 2.37. The van der Waals surface area contributed by atoms with Crippen LogP contribution in [0.2, 0.25) is 0 Å². The molecule has 0 aliphatic carbocycles. The Balaban J connectivity index is 2.08. The van der Waals surface area contributed by atoms with Gasteiger partial charge in [0, 0.05) is 0 Å². The van der Waals surface area contributed by atoms with Gasteiger partial charge in [-0.25, -0.2) is 0 Å². The van der Waals surface area contributed by atoms with Gasteiger partial charge >= 0.3 is 0 Å². The maximum atomic E-state index is 11.0. The second kappa shape index (κ2) is 3.52. The van der Waals surface area contributed by atoms with Gasteiger partial charge in [-0.15, -0.1) is 5.73 Å². The molecule has 1 atom stereocenters. The Bertz CT molecular complexity index is 402. The van der Waals surface area contributed by atoms with Crippen LogP contribution in [-0.2, 0) is 11.2 Å². The summed E-state index contributed by atoms with van der Waals surface area (Å²) in [6, 6.07) is 10.2. The maximum Gasteiger partial charge on any atom is 0.257 e. The van der Waals surface area contributed by atoms with Crippen LogP contribution in [0.15, 0.2) is 48.2 Å². The molecule has 1 aromatic rings. The average Bonchev–Trinajstić information content (AvgIpc) is 2.19. The van der Waals surface area contributed by atoms with Crippen molar-refractivity contribution >= 4 is 5.91 Å². The molecule has 70 valence electrons. The standard InChI is InChI=1S/C12H11NO/c1-2-10-11(13-12(10)14)8-9-6-4-3-5-7-9/h3-7,11H,1,8H2,(H,13,14). The van der Waals surface area contributed by atoms with Crippen molar-refractivity contribution in [2.75, 3.05) is 0 Å². The van der Waals surface area contributed by atoms with E-state index in [1.807, 2.05) is 30.3 Å². The van der Waals surface area contributed by atoms with E-state index in [2.05, 4.69) is 17.6 Å². The summed E-state index contributed by atoms with van der Waals surface area (Å²) in [5.41, 5.74) is 4.56. The summed E-state index contributed by atoms with van der Waals surface area (Å²) in [6.07, 6.45) is 0.824. The Morgan fingerprint density at radius 1 is 1.36 bits per heavy atom. The van der Waals surface area contributed by atoms with E-state index < -0.39 is 0 Å². The number of carbonyl (C=O) groups excluding carboxylic acids is 1. The molecule has 1 saturated heterocycles. The fourth-order valence-corrected chi connectivity index (χ4v) is 1.60. The van der Waals surface area contributed by atoms with Crippen LogP contribution in [-0.4, -0.2) is 11.9 Å². The molecular weight excluding hydrogens is 174 g/mol. The Kier molecular flexibility index (Phi) is 2.21. The van der Waals surface area contributed by atoms with Crippen LogP contribution in [0.3, 0.4) is 0 Å². The van der Waals surface area contributed by atoms with E-state index in [9.17, 15) is 4.79 Å². The lowest BCUT2D eigenvalue weighted by molar-refractivity contribution is -0.122. The summed E-state index contributed by atoms with van der Waals surface area (Å²) < 4.78 is 0. The molecule has 1 aliphatic rings. The van der Waals surface area contributed by atoms with Gasteiger partial charge in [0.15, 0.2) is 0 Å². The number of rotatable bonds is 2. The molecule has 0 bridgehead atoms. The Morgan fingerprint density at radius 2 is 2.07 bits per heavy atom. The zero-order valence-corrected chi connectivity index (χ0v) is 7.79. The molecule has 1 heterocycles. The lowest BCUT2D eigenvalue weighted by Gasteiger charge is -2.28. The third kappa shape index (κ3) is 1.48. The Labute approximate surface area is 82.9 Å². The molecule has 0 aromatic heterocycles. The molecule has 1 fully saturated rings. The van der Waals surface area contributed by atoms with Gasteiger partial charge in [0.05, 0.1) is 11.6 Å². The SMILES string of the molecule is C=C=C1C(=O)NC1Cc1ccccc1. The van der Waals surface area contributed by atoms with Crippen molar-refractivity contribution in [2.45, 2.75) is 12.5 Å². The van der Waals surface area contributed by atoms with Crippen LogP contribution < -0.4 is 5.32 Å². The van der Waals surface area contributed by atoms with Crippen molar-refractivity contribution in [3.63, 3.8) is 0 Å². The summed E-state index contributed by atoms with van der Waals surface area (Å²) in [7, 11) is 0. The minimum absolute atomic E-state index is 0.0408. The molecule has 0 saturated carbocycles. The predicted octanol–water partition coefficient (Wildman–Crippen LogP) is 1.44. The first-order valence-corrected chi connectivity index (χ1v) is 4.56. The Hall–Kier alpha value is -1.79. The number of hydrogen-bond acceptors (Lipinski definition) is 1. The lowest BCUT2D eigenvalue weighted by atomic mass is 9.92. The summed E-state index contributed by atoms with van der Waals surface area (Å²) >= 11 is 0. The number of benzene rings is 1. The molecule has 1 aliphatic heterocycles. The second-order valence-electron chi connectivity index (χ2n) is 3.31. The first-order chi connectivity index (χ1) is 6.81. The fourth-order valence-electron chi connectivity index (χ4n) is 1.60. The molecule has 2 rings (SSSR count). The van der Waals surface area contributed by atoms with E-state index in [0.29, 0.717) is 5.57 Å². The van der Waals surface area contributed by atoms with Gasteiger partial charge in [-0.05, 0) is 12.0 Å². The number of amides is 1. The number of carbonyl (C=O) groups is 1. The van der Waals surface area contributed by atoms with Crippen LogP contribution in [0.5, 0.6) is 0 Å². The number of hydrogen-bond donors (Lipinski definition) is 1. The van der Waals surface area contributed by atoms with Crippen molar-refractivity contribution in [3.8, 4) is 0 Å². The van der Waals surface area contributed by atoms with Crippen molar-refractivity contribution in [1.29, 1.82) is 0 Å². The highest BCUT2D eigenvalue weighted by Crippen LogP contribution is 2.16. The van der Waals surface area contributed by atoms with Crippen LogP contribution in [0.25, 0.3) is 0 Å². The minimum atomic E-state index is -0.0408. The molecule has 14 heavy (non-hydrogen) atoms. The molecule has 1 unspecified atom stereocenters. The summed E-state index contributed by atoms with van der Waals surface area (Å²) in [6.45, 7) is 3.50. The van der Waals surface area contributed by atoms with Crippen molar-refractivity contribution < 1.29 is 4.79 Å². The van der Waals surface area contributed by atoms with Crippen LogP contribution in [0, 0.1) is 0 Å². The summed E-state index contributed by atoms with van der Waals surface area (Å²) in [5.74, 6) is -0.0408. The quantitative estimate of drug-likeness (QED) is 0.421. The van der Waals surface area contributed by atoms with Gasteiger partial charge in [0.2, 0.25) is 0 Å². The number of β-lactam (4-membered cyclic amide) rings is 1. The van der Waals surface area contributed by atoms with Crippen molar-refractivity contribution in [3.05, 3.63) is 53.8 Å². The molecular formula is C12H11NO. The van der Waals surface area contributed by atoms with E-state index in [1.54, 1.807) is 0 Å². The van der Waals surface area contributed by atoms with Crippen molar-refractivity contribution in [1.82, 2.24) is 5.32 Å². The summed E-state index contributed by atoms with van der Waals surface area (Å²) in [4.78, 5) is 11.0. The minimum Gasteiger partial charge on any atom is -0.344 e. The molecule has 1 N–H and O–H groups in total. The van der Waals surface area contributed by atoms with Gasteiger partial charge < -0.3 is 5.32 Å². The highest BCUT2D eigenvalue weighted by atomic mass is 16.2. The van der Waals surface area contributed by atoms with Crippen LogP contribution in [0.1, 0.15) is 5.56 Å². The zero-order chi connectivity index (χ0) is 9.97. The zero-order valence-electron chi connectivity index (χ0n) is 7.79. The third-order valence-corrected chi connectivity index (χ3v) is 2.37. The van der Waals surface area contributed by atoms with Gasteiger partial charge in [-0.3, -0.25) is 4.79 Å². The fraction of sp³-hybridized carbons (Fsp3) is 0.167. The topological polar surface area (TPSA) is 29.1 Å². The van der Waals surface area contributed by atoms with E-state index in [4.69, 9.17) is 0 Å². The van der Waals surface area contributed by atoms with E-state index in [0.717, 1.165) is 6.42 Å². The maximum absolute atomic E-state index is 11.0. The van der Waals surface area contributed by atoms with Gasteiger partial charge in [-0.1, -0.05) is 36.9 Å².